The molecule has 2 heteroatoms. The maximum absolute atomic E-state index is 10.1. The highest BCUT2D eigenvalue weighted by Crippen LogP contribution is 2.31. The van der Waals surface area contributed by atoms with Crippen molar-refractivity contribution in [3.8, 4) is 0 Å². The largest absolute Gasteiger partial charge is 0.355 e. The van der Waals surface area contributed by atoms with Crippen LogP contribution >= 0.6 is 0 Å². The van der Waals surface area contributed by atoms with Crippen molar-refractivity contribution in [2.24, 2.45) is 5.92 Å². The Kier molecular flexibility index (Phi) is 4.58. The van der Waals surface area contributed by atoms with Gasteiger partial charge in [0.25, 0.3) is 0 Å². The minimum absolute atomic E-state index is 0.430. The van der Waals surface area contributed by atoms with Crippen molar-refractivity contribution >= 4 is 6.41 Å². The molecule has 0 aromatic carbocycles. The summed E-state index contributed by atoms with van der Waals surface area (Å²) in [5.74, 6) is 0.617. The Bertz CT molecular complexity index is 177. The number of hydrogen-bond acceptors (Lipinski definition) is 1. The Balaban J connectivity index is 1.96. The molecule has 13 heavy (non-hydrogen) atoms. The van der Waals surface area contributed by atoms with Gasteiger partial charge in [-0.3, -0.25) is 4.79 Å². The van der Waals surface area contributed by atoms with Gasteiger partial charge in [-0.1, -0.05) is 31.9 Å². The van der Waals surface area contributed by atoms with Crippen LogP contribution in [-0.2, 0) is 4.79 Å². The average molecular weight is 181 g/mol. The topological polar surface area (TPSA) is 29.1 Å². The Hall–Kier alpha value is -0.790. The summed E-state index contributed by atoms with van der Waals surface area (Å²) in [4.78, 5) is 10.1. The first-order valence-electron chi connectivity index (χ1n) is 5.24. The van der Waals surface area contributed by atoms with E-state index in [0.717, 1.165) is 12.8 Å². The molecule has 1 rings (SSSR count). The van der Waals surface area contributed by atoms with Gasteiger partial charge in [0.1, 0.15) is 0 Å². The second-order valence-electron chi connectivity index (χ2n) is 3.71. The Morgan fingerprint density at radius 3 is 3.00 bits per heavy atom. The van der Waals surface area contributed by atoms with Gasteiger partial charge in [0, 0.05) is 6.04 Å². The fraction of sp³-hybridized carbons (Fsp3) is 0.727. The number of unbranched alkanes of at least 4 members (excludes halogenated alkanes) is 3. The summed E-state index contributed by atoms with van der Waals surface area (Å²) >= 11 is 0. The number of amides is 1. The van der Waals surface area contributed by atoms with Gasteiger partial charge in [0.15, 0.2) is 0 Å². The van der Waals surface area contributed by atoms with E-state index in [9.17, 15) is 4.79 Å². The van der Waals surface area contributed by atoms with Crippen molar-refractivity contribution in [1.29, 1.82) is 0 Å². The van der Waals surface area contributed by atoms with E-state index in [1.165, 1.54) is 25.7 Å². The molecule has 0 aromatic heterocycles. The van der Waals surface area contributed by atoms with Crippen LogP contribution in [-0.4, -0.2) is 12.5 Å². The monoisotopic (exact) mass is 181 g/mol. The van der Waals surface area contributed by atoms with Gasteiger partial charge in [-0.05, 0) is 25.2 Å². The molecule has 0 saturated heterocycles. The summed E-state index contributed by atoms with van der Waals surface area (Å²) in [6.45, 7) is 2.22. The van der Waals surface area contributed by atoms with Crippen molar-refractivity contribution in [3.63, 3.8) is 0 Å². The normalized spacial score (nSPS) is 26.2. The lowest BCUT2D eigenvalue weighted by atomic mass is 10.2. The quantitative estimate of drug-likeness (QED) is 0.364. The van der Waals surface area contributed by atoms with Gasteiger partial charge in [0.2, 0.25) is 6.41 Å². The van der Waals surface area contributed by atoms with Crippen LogP contribution < -0.4 is 5.32 Å². The fourth-order valence-electron chi connectivity index (χ4n) is 1.49. The third-order valence-electron chi connectivity index (χ3n) is 2.48. The van der Waals surface area contributed by atoms with Crippen molar-refractivity contribution in [1.82, 2.24) is 5.32 Å². The van der Waals surface area contributed by atoms with Gasteiger partial charge >= 0.3 is 0 Å². The summed E-state index contributed by atoms with van der Waals surface area (Å²) in [7, 11) is 0. The summed E-state index contributed by atoms with van der Waals surface area (Å²) < 4.78 is 0. The molecule has 1 N–H and O–H groups in total. The number of nitrogens with one attached hydrogen (secondary N) is 1. The minimum Gasteiger partial charge on any atom is -0.355 e. The lowest BCUT2D eigenvalue weighted by Gasteiger charge is -1.92. The number of hydrogen-bond donors (Lipinski definition) is 1. The van der Waals surface area contributed by atoms with Crippen LogP contribution in [0.4, 0.5) is 0 Å². The summed E-state index contributed by atoms with van der Waals surface area (Å²) in [5.41, 5.74) is 0. The second-order valence-corrected chi connectivity index (χ2v) is 3.71. The third-order valence-corrected chi connectivity index (χ3v) is 2.48. The van der Waals surface area contributed by atoms with Crippen molar-refractivity contribution < 1.29 is 4.79 Å². The third kappa shape index (κ3) is 4.11. The molecule has 1 fully saturated rings. The minimum atomic E-state index is 0.430. The first-order valence-corrected chi connectivity index (χ1v) is 5.24. The molecule has 0 bridgehead atoms. The van der Waals surface area contributed by atoms with Crippen LogP contribution in [0, 0.1) is 5.92 Å². The van der Waals surface area contributed by atoms with Gasteiger partial charge in [0.05, 0.1) is 0 Å². The molecule has 0 heterocycles. The number of carbonyl (C=O) groups is 1. The maximum Gasteiger partial charge on any atom is 0.207 e. The van der Waals surface area contributed by atoms with Crippen LogP contribution in [0.2, 0.25) is 0 Å². The number of rotatable bonds is 7. The smallest absolute Gasteiger partial charge is 0.207 e. The molecule has 0 aliphatic heterocycles. The molecule has 2 nitrogen and oxygen atoms in total. The van der Waals surface area contributed by atoms with E-state index in [2.05, 4.69) is 24.4 Å². The maximum atomic E-state index is 10.1. The highest BCUT2D eigenvalue weighted by molar-refractivity contribution is 5.48. The Morgan fingerprint density at radius 2 is 2.31 bits per heavy atom. The lowest BCUT2D eigenvalue weighted by Crippen LogP contribution is -2.14. The van der Waals surface area contributed by atoms with Gasteiger partial charge < -0.3 is 5.32 Å². The molecule has 0 unspecified atom stereocenters. The Labute approximate surface area is 80.4 Å². The van der Waals surface area contributed by atoms with Crippen LogP contribution in [0.1, 0.15) is 39.0 Å². The molecular weight excluding hydrogens is 162 g/mol. The summed E-state index contributed by atoms with van der Waals surface area (Å²) in [5, 5.41) is 2.79. The average Bonchev–Trinajstić information content (AvgIpc) is 2.84. The molecule has 2 atom stereocenters. The van der Waals surface area contributed by atoms with Gasteiger partial charge in [-0.25, -0.2) is 0 Å². The molecule has 1 saturated carbocycles. The zero-order valence-electron chi connectivity index (χ0n) is 8.33. The number of carbonyl (C=O) groups excluding carboxylic acids is 1. The predicted octanol–water partition coefficient (Wildman–Crippen LogP) is 2.26. The molecule has 0 aromatic rings. The van der Waals surface area contributed by atoms with Crippen molar-refractivity contribution in [2.75, 3.05) is 0 Å². The molecule has 1 aliphatic rings. The van der Waals surface area contributed by atoms with E-state index < -0.39 is 0 Å². The molecule has 0 spiro atoms. The molecule has 1 aliphatic carbocycles. The molecule has 74 valence electrons. The van der Waals surface area contributed by atoms with Crippen molar-refractivity contribution in [2.45, 2.75) is 45.1 Å². The highest BCUT2D eigenvalue weighted by Gasteiger charge is 2.33. The van der Waals surface area contributed by atoms with Crippen LogP contribution in [0.5, 0.6) is 0 Å². The van der Waals surface area contributed by atoms with Gasteiger partial charge in [-0.15, -0.1) is 0 Å². The Morgan fingerprint density at radius 1 is 1.46 bits per heavy atom. The first kappa shape index (κ1) is 10.3. The predicted molar refractivity (Wildman–Crippen MR) is 54.4 cm³/mol. The zero-order valence-corrected chi connectivity index (χ0v) is 8.33. The zero-order chi connectivity index (χ0) is 9.52. The standard InChI is InChI=1S/C11H19NO/c1-2-3-4-5-6-7-10-8-11(10)12-9-13/h6-7,9-11H,2-5,8H2,1H3,(H,12,13)/b7-6-/t10-,11-/m1/s1. The van der Waals surface area contributed by atoms with E-state index in [1.54, 1.807) is 0 Å². The fourth-order valence-corrected chi connectivity index (χ4v) is 1.49. The summed E-state index contributed by atoms with van der Waals surface area (Å²) in [6, 6.07) is 0.430. The van der Waals surface area contributed by atoms with E-state index in [0.29, 0.717) is 12.0 Å². The SMILES string of the molecule is CCCCC/C=C\[C@@H]1C[C@H]1NC=O. The summed E-state index contributed by atoms with van der Waals surface area (Å²) in [6.07, 6.45) is 11.5. The van der Waals surface area contributed by atoms with E-state index in [4.69, 9.17) is 0 Å². The van der Waals surface area contributed by atoms with E-state index >= 15 is 0 Å². The molecule has 0 radical (unpaired) electrons. The van der Waals surface area contributed by atoms with Crippen molar-refractivity contribution in [3.05, 3.63) is 12.2 Å². The second kappa shape index (κ2) is 5.79. The highest BCUT2D eigenvalue weighted by atomic mass is 16.1. The van der Waals surface area contributed by atoms with E-state index in [1.807, 2.05) is 0 Å². The van der Waals surface area contributed by atoms with Crippen LogP contribution in [0.25, 0.3) is 0 Å². The first-order chi connectivity index (χ1) is 6.38. The van der Waals surface area contributed by atoms with Gasteiger partial charge in [-0.2, -0.15) is 0 Å². The lowest BCUT2D eigenvalue weighted by molar-refractivity contribution is -0.109. The van der Waals surface area contributed by atoms with Crippen LogP contribution in [0.15, 0.2) is 12.2 Å². The molecule has 1 amide bonds. The van der Waals surface area contributed by atoms with Crippen LogP contribution in [0.3, 0.4) is 0 Å². The van der Waals surface area contributed by atoms with E-state index in [-0.39, 0.29) is 0 Å². The number of allylic oxidation sites excluding steroid dienone is 1. The molecular formula is C11H19NO.